The van der Waals surface area contributed by atoms with Crippen LogP contribution in [0.4, 0.5) is 0 Å². The zero-order chi connectivity index (χ0) is 8.10. The molecule has 1 heterocycles. The van der Waals surface area contributed by atoms with E-state index in [0.29, 0.717) is 0 Å². The lowest BCUT2D eigenvalue weighted by molar-refractivity contribution is 0.0705. The van der Waals surface area contributed by atoms with E-state index in [2.05, 4.69) is 18.4 Å². The largest absolute Gasteiger partial charge is 0.379 e. The topological polar surface area (TPSA) is 12.5 Å². The van der Waals surface area contributed by atoms with Crippen molar-refractivity contribution < 1.29 is 4.74 Å². The average Bonchev–Trinajstić information content (AvgIpc) is 2.09. The molecule has 0 atom stereocenters. The highest BCUT2D eigenvalue weighted by Gasteiger charge is 2.18. The minimum Gasteiger partial charge on any atom is -0.379 e. The van der Waals surface area contributed by atoms with Gasteiger partial charge in [-0.3, -0.25) is 0 Å². The summed E-state index contributed by atoms with van der Waals surface area (Å²) in [6.07, 6.45) is 0. The van der Waals surface area contributed by atoms with Crippen molar-refractivity contribution in [3.8, 4) is 0 Å². The Morgan fingerprint density at radius 1 is 1.18 bits per heavy atom. The van der Waals surface area contributed by atoms with Crippen LogP contribution in [0.25, 0.3) is 0 Å². The predicted molar refractivity (Wildman–Crippen MR) is 50.5 cm³/mol. The molecule has 0 N–H and O–H groups in total. The molecule has 1 fully saturated rings. The summed E-state index contributed by atoms with van der Waals surface area (Å²) in [6.45, 7) is 8.97. The molecule has 66 valence electrons. The molecule has 0 aromatic carbocycles. The Bertz CT molecular complexity index is 100. The number of nitrogens with zero attached hydrogens (tertiary/aromatic N) is 1. The third kappa shape index (κ3) is 2.58. The molecule has 0 saturated carbocycles. The summed E-state index contributed by atoms with van der Waals surface area (Å²) >= 11 is 0. The normalized spacial score (nSPS) is 21.0. The SMILES string of the molecule is CC[SiH](CC)N1CCOCC1. The van der Waals surface area contributed by atoms with Crippen molar-refractivity contribution in [1.29, 1.82) is 0 Å². The summed E-state index contributed by atoms with van der Waals surface area (Å²) in [4.78, 5) is 0. The molecule has 0 aliphatic carbocycles. The van der Waals surface area contributed by atoms with Crippen LogP contribution in [0.15, 0.2) is 0 Å². The standard InChI is InChI=1S/C8H19NOSi/c1-3-11(4-2)9-5-7-10-8-6-9/h11H,3-8H2,1-2H3. The second-order valence-electron chi connectivity index (χ2n) is 3.12. The van der Waals surface area contributed by atoms with Crippen LogP contribution in [0, 0.1) is 0 Å². The fourth-order valence-corrected chi connectivity index (χ4v) is 4.30. The van der Waals surface area contributed by atoms with E-state index in [1.807, 2.05) is 0 Å². The van der Waals surface area contributed by atoms with Gasteiger partial charge in [0, 0.05) is 13.1 Å². The van der Waals surface area contributed by atoms with Gasteiger partial charge in [0.25, 0.3) is 0 Å². The van der Waals surface area contributed by atoms with E-state index < -0.39 is 8.96 Å². The highest BCUT2D eigenvalue weighted by molar-refractivity contribution is 6.55. The lowest BCUT2D eigenvalue weighted by atomic mass is 10.5. The molecule has 0 spiro atoms. The third-order valence-electron chi connectivity index (χ3n) is 2.50. The quantitative estimate of drug-likeness (QED) is 0.592. The molecule has 0 aromatic rings. The van der Waals surface area contributed by atoms with Gasteiger partial charge in [0.2, 0.25) is 0 Å². The highest BCUT2D eigenvalue weighted by Crippen LogP contribution is 2.07. The number of rotatable bonds is 3. The maximum Gasteiger partial charge on any atom is 0.111 e. The molecule has 0 bridgehead atoms. The van der Waals surface area contributed by atoms with Crippen LogP contribution in [-0.4, -0.2) is 39.8 Å². The Kier molecular flexibility index (Phi) is 4.11. The molecule has 3 heteroatoms. The molecule has 0 radical (unpaired) electrons. The Morgan fingerprint density at radius 2 is 1.73 bits per heavy atom. The molecule has 0 aromatic heterocycles. The number of hydrogen-bond donors (Lipinski definition) is 0. The first-order valence-electron chi connectivity index (χ1n) is 4.70. The molecule has 0 unspecified atom stereocenters. The number of morpholine rings is 1. The van der Waals surface area contributed by atoms with Crippen LogP contribution in [-0.2, 0) is 4.74 Å². The minimum absolute atomic E-state index is 0.520. The van der Waals surface area contributed by atoms with E-state index in [-0.39, 0.29) is 0 Å². The van der Waals surface area contributed by atoms with E-state index in [1.165, 1.54) is 25.2 Å². The first-order chi connectivity index (χ1) is 5.38. The van der Waals surface area contributed by atoms with Gasteiger partial charge in [0.15, 0.2) is 0 Å². The summed E-state index contributed by atoms with van der Waals surface area (Å²) in [5.74, 6) is 0. The summed E-state index contributed by atoms with van der Waals surface area (Å²) in [6, 6.07) is 2.83. The van der Waals surface area contributed by atoms with Crippen molar-refractivity contribution in [3.63, 3.8) is 0 Å². The van der Waals surface area contributed by atoms with Gasteiger partial charge in [-0.15, -0.1) is 0 Å². The summed E-state index contributed by atoms with van der Waals surface area (Å²) in [5.41, 5.74) is 0. The predicted octanol–water partition coefficient (Wildman–Crippen LogP) is 1.08. The van der Waals surface area contributed by atoms with Gasteiger partial charge < -0.3 is 9.30 Å². The second-order valence-corrected chi connectivity index (χ2v) is 6.79. The Hall–Kier alpha value is 0.137. The summed E-state index contributed by atoms with van der Waals surface area (Å²) in [5, 5.41) is 0. The van der Waals surface area contributed by atoms with Gasteiger partial charge in [0.05, 0.1) is 13.2 Å². The van der Waals surface area contributed by atoms with Gasteiger partial charge in [-0.1, -0.05) is 13.8 Å². The van der Waals surface area contributed by atoms with Crippen LogP contribution in [0.3, 0.4) is 0 Å². The summed E-state index contributed by atoms with van der Waals surface area (Å²) in [7, 11) is -0.520. The molecule has 2 nitrogen and oxygen atoms in total. The van der Waals surface area contributed by atoms with Crippen LogP contribution in [0.1, 0.15) is 13.8 Å². The third-order valence-corrected chi connectivity index (χ3v) is 5.94. The van der Waals surface area contributed by atoms with Gasteiger partial charge in [0.1, 0.15) is 8.96 Å². The van der Waals surface area contributed by atoms with E-state index in [9.17, 15) is 0 Å². The Labute approximate surface area is 71.2 Å². The minimum atomic E-state index is -0.520. The lowest BCUT2D eigenvalue weighted by Crippen LogP contribution is -2.45. The second kappa shape index (κ2) is 4.90. The molecule has 1 aliphatic heterocycles. The Balaban J connectivity index is 2.30. The molecular weight excluding hydrogens is 154 g/mol. The van der Waals surface area contributed by atoms with E-state index in [4.69, 9.17) is 4.74 Å². The molecule has 1 saturated heterocycles. The van der Waals surface area contributed by atoms with Crippen LogP contribution in [0.2, 0.25) is 12.1 Å². The van der Waals surface area contributed by atoms with Crippen molar-refractivity contribution >= 4 is 8.96 Å². The van der Waals surface area contributed by atoms with Gasteiger partial charge in [-0.05, 0) is 12.1 Å². The smallest absolute Gasteiger partial charge is 0.111 e. The van der Waals surface area contributed by atoms with Gasteiger partial charge in [-0.2, -0.15) is 0 Å². The van der Waals surface area contributed by atoms with Crippen molar-refractivity contribution in [1.82, 2.24) is 4.57 Å². The number of hydrogen-bond acceptors (Lipinski definition) is 2. The summed E-state index contributed by atoms with van der Waals surface area (Å²) < 4.78 is 8.00. The molecule has 1 aliphatic rings. The van der Waals surface area contributed by atoms with E-state index >= 15 is 0 Å². The van der Waals surface area contributed by atoms with Crippen molar-refractivity contribution in [2.24, 2.45) is 0 Å². The van der Waals surface area contributed by atoms with Crippen molar-refractivity contribution in [3.05, 3.63) is 0 Å². The first kappa shape index (κ1) is 9.23. The van der Waals surface area contributed by atoms with Crippen molar-refractivity contribution in [2.45, 2.75) is 25.9 Å². The number of ether oxygens (including phenoxy) is 1. The average molecular weight is 173 g/mol. The van der Waals surface area contributed by atoms with Crippen LogP contribution < -0.4 is 0 Å². The van der Waals surface area contributed by atoms with Crippen molar-refractivity contribution in [2.75, 3.05) is 26.3 Å². The first-order valence-corrected chi connectivity index (χ1v) is 6.85. The van der Waals surface area contributed by atoms with Gasteiger partial charge >= 0.3 is 0 Å². The zero-order valence-corrected chi connectivity index (χ0v) is 8.83. The van der Waals surface area contributed by atoms with E-state index in [1.54, 1.807) is 0 Å². The molecule has 11 heavy (non-hydrogen) atoms. The fourth-order valence-electron chi connectivity index (χ4n) is 1.75. The van der Waals surface area contributed by atoms with E-state index in [0.717, 1.165) is 13.2 Å². The molecule has 0 amide bonds. The maximum atomic E-state index is 5.32. The van der Waals surface area contributed by atoms with Crippen LogP contribution >= 0.6 is 0 Å². The monoisotopic (exact) mass is 173 g/mol. The van der Waals surface area contributed by atoms with Crippen LogP contribution in [0.5, 0.6) is 0 Å². The molecular formula is C8H19NOSi. The fraction of sp³-hybridized carbons (Fsp3) is 1.00. The highest BCUT2D eigenvalue weighted by atomic mass is 28.3. The van der Waals surface area contributed by atoms with Gasteiger partial charge in [-0.25, -0.2) is 0 Å². The lowest BCUT2D eigenvalue weighted by Gasteiger charge is -2.32. The Morgan fingerprint density at radius 3 is 2.18 bits per heavy atom. The maximum absolute atomic E-state index is 5.32. The zero-order valence-electron chi connectivity index (χ0n) is 7.68. The molecule has 1 rings (SSSR count).